The molecule has 0 spiro atoms. The second-order valence-electron chi connectivity index (χ2n) is 6.85. The van der Waals surface area contributed by atoms with Crippen LogP contribution in [-0.2, 0) is 0 Å². The number of fused-ring (bicyclic) bond motifs is 1. The summed E-state index contributed by atoms with van der Waals surface area (Å²) in [5.41, 5.74) is 0.865. The molecule has 1 aromatic carbocycles. The first-order valence-corrected chi connectivity index (χ1v) is 9.89. The number of aromatic hydroxyl groups is 1. The Labute approximate surface area is 160 Å². The van der Waals surface area contributed by atoms with Gasteiger partial charge in [-0.05, 0) is 38.4 Å². The summed E-state index contributed by atoms with van der Waals surface area (Å²) >= 11 is 1.39. The lowest BCUT2D eigenvalue weighted by Crippen LogP contribution is -2.30. The van der Waals surface area contributed by atoms with Gasteiger partial charge in [0.1, 0.15) is 5.82 Å². The summed E-state index contributed by atoms with van der Waals surface area (Å²) < 4.78 is 1.46. The van der Waals surface area contributed by atoms with Gasteiger partial charge in [0.05, 0.1) is 15.8 Å². The molecule has 8 nitrogen and oxygen atoms in total. The number of likely N-dealkylation sites (tertiary alicyclic amines) is 1. The van der Waals surface area contributed by atoms with Crippen molar-refractivity contribution < 1.29 is 10.0 Å². The van der Waals surface area contributed by atoms with Crippen LogP contribution in [0.3, 0.4) is 0 Å². The number of hydrogen-bond acceptors (Lipinski definition) is 7. The molecule has 1 saturated heterocycles. The molecule has 1 atom stereocenters. The van der Waals surface area contributed by atoms with Crippen molar-refractivity contribution in [2.75, 3.05) is 13.1 Å². The predicted octanol–water partition coefficient (Wildman–Crippen LogP) is 3.68. The summed E-state index contributed by atoms with van der Waals surface area (Å²) in [6.45, 7) is 3.56. The molecular formula is C18H21N5O3S. The number of non-ortho nitro benzene ring substituents is 1. The molecule has 0 saturated carbocycles. The first-order valence-electron chi connectivity index (χ1n) is 9.08. The third-order valence-corrected chi connectivity index (χ3v) is 6.03. The van der Waals surface area contributed by atoms with Gasteiger partial charge in [-0.15, -0.1) is 5.10 Å². The van der Waals surface area contributed by atoms with Crippen LogP contribution in [0.5, 0.6) is 5.88 Å². The summed E-state index contributed by atoms with van der Waals surface area (Å²) in [4.78, 5) is 18.9. The number of thiazole rings is 1. The van der Waals surface area contributed by atoms with E-state index in [2.05, 4.69) is 15.0 Å². The Kier molecular flexibility index (Phi) is 4.79. The van der Waals surface area contributed by atoms with Crippen molar-refractivity contribution in [1.29, 1.82) is 0 Å². The fourth-order valence-electron chi connectivity index (χ4n) is 3.72. The average Bonchev–Trinajstić information content (AvgIpc) is 3.01. The highest BCUT2D eigenvalue weighted by Crippen LogP contribution is 2.41. The summed E-state index contributed by atoms with van der Waals surface area (Å²) in [6, 6.07) is 6.45. The Morgan fingerprint density at radius 1 is 1.26 bits per heavy atom. The topological polar surface area (TPSA) is 96.8 Å². The molecule has 3 heterocycles. The highest BCUT2D eigenvalue weighted by Gasteiger charge is 2.30. The quantitative estimate of drug-likeness (QED) is 0.542. The third-order valence-electron chi connectivity index (χ3n) is 4.96. The molecule has 9 heteroatoms. The van der Waals surface area contributed by atoms with E-state index in [1.807, 2.05) is 6.07 Å². The molecule has 0 bridgehead atoms. The van der Waals surface area contributed by atoms with E-state index in [9.17, 15) is 15.2 Å². The molecule has 0 aliphatic carbocycles. The molecule has 1 aliphatic heterocycles. The van der Waals surface area contributed by atoms with Gasteiger partial charge >= 0.3 is 0 Å². The van der Waals surface area contributed by atoms with Crippen molar-refractivity contribution in [1.82, 2.24) is 19.5 Å². The predicted molar refractivity (Wildman–Crippen MR) is 102 cm³/mol. The maximum Gasteiger partial charge on any atom is 0.269 e. The van der Waals surface area contributed by atoms with E-state index < -0.39 is 0 Å². The van der Waals surface area contributed by atoms with Crippen molar-refractivity contribution in [2.45, 2.75) is 38.6 Å². The van der Waals surface area contributed by atoms with E-state index in [4.69, 9.17) is 0 Å². The minimum Gasteiger partial charge on any atom is -0.492 e. The second kappa shape index (κ2) is 7.24. The van der Waals surface area contributed by atoms with Crippen molar-refractivity contribution in [3.63, 3.8) is 0 Å². The number of aryl methyl sites for hydroxylation is 1. The smallest absolute Gasteiger partial charge is 0.269 e. The lowest BCUT2D eigenvalue weighted by atomic mass is 10.0. The summed E-state index contributed by atoms with van der Waals surface area (Å²) in [7, 11) is 0. The number of rotatable bonds is 4. The summed E-state index contributed by atoms with van der Waals surface area (Å²) in [5.74, 6) is 0.668. The van der Waals surface area contributed by atoms with E-state index in [0.29, 0.717) is 10.8 Å². The zero-order chi connectivity index (χ0) is 19.0. The molecule has 1 aliphatic rings. The molecule has 1 unspecified atom stereocenters. The number of nitrogens with zero attached hydrogens (tertiary/aromatic N) is 5. The van der Waals surface area contributed by atoms with Crippen LogP contribution in [0.4, 0.5) is 5.69 Å². The highest BCUT2D eigenvalue weighted by molar-refractivity contribution is 7.17. The van der Waals surface area contributed by atoms with Crippen LogP contribution in [0.15, 0.2) is 24.3 Å². The van der Waals surface area contributed by atoms with Crippen molar-refractivity contribution in [2.24, 2.45) is 0 Å². The van der Waals surface area contributed by atoms with Crippen LogP contribution in [0.25, 0.3) is 4.96 Å². The van der Waals surface area contributed by atoms with Gasteiger partial charge in [-0.2, -0.15) is 4.52 Å². The van der Waals surface area contributed by atoms with Gasteiger partial charge in [0.2, 0.25) is 10.8 Å². The van der Waals surface area contributed by atoms with Gasteiger partial charge in [0.25, 0.3) is 5.69 Å². The number of benzene rings is 1. The van der Waals surface area contributed by atoms with Gasteiger partial charge in [-0.3, -0.25) is 15.0 Å². The van der Waals surface area contributed by atoms with Crippen LogP contribution < -0.4 is 0 Å². The van der Waals surface area contributed by atoms with Gasteiger partial charge < -0.3 is 5.11 Å². The zero-order valence-corrected chi connectivity index (χ0v) is 15.9. The lowest BCUT2D eigenvalue weighted by Gasteiger charge is -2.30. The molecule has 4 rings (SSSR count). The molecule has 142 valence electrons. The lowest BCUT2D eigenvalue weighted by molar-refractivity contribution is -0.384. The fourth-order valence-corrected chi connectivity index (χ4v) is 4.88. The summed E-state index contributed by atoms with van der Waals surface area (Å²) in [6.07, 6.45) is 4.51. The van der Waals surface area contributed by atoms with E-state index in [1.54, 1.807) is 19.1 Å². The van der Waals surface area contributed by atoms with Crippen molar-refractivity contribution in [3.05, 3.63) is 50.6 Å². The summed E-state index contributed by atoms with van der Waals surface area (Å²) in [5, 5.41) is 26.4. The molecule has 2 aromatic heterocycles. The molecule has 1 N–H and O–H groups in total. The first-order chi connectivity index (χ1) is 13.0. The van der Waals surface area contributed by atoms with Crippen molar-refractivity contribution in [3.8, 4) is 5.88 Å². The largest absolute Gasteiger partial charge is 0.492 e. The standard InChI is InChI=1S/C18H21N5O3S/c1-12-19-18-22(20-12)17(24)16(27-18)15(21-9-4-2-3-5-10-21)13-7-6-8-14(11-13)23(25)26/h6-8,11,15,24H,2-5,9-10H2,1H3. The van der Waals surface area contributed by atoms with E-state index in [-0.39, 0.29) is 22.5 Å². The minimum atomic E-state index is -0.380. The average molecular weight is 387 g/mol. The normalized spacial score (nSPS) is 17.1. The van der Waals surface area contributed by atoms with Crippen LogP contribution in [-0.4, -0.2) is 42.6 Å². The van der Waals surface area contributed by atoms with E-state index in [1.165, 1.54) is 34.8 Å². The number of nitro groups is 1. The molecule has 27 heavy (non-hydrogen) atoms. The van der Waals surface area contributed by atoms with E-state index >= 15 is 0 Å². The van der Waals surface area contributed by atoms with Crippen LogP contribution in [0, 0.1) is 17.0 Å². The zero-order valence-electron chi connectivity index (χ0n) is 15.0. The monoisotopic (exact) mass is 387 g/mol. The van der Waals surface area contributed by atoms with Gasteiger partial charge in [0, 0.05) is 12.1 Å². The molecular weight excluding hydrogens is 366 g/mol. The van der Waals surface area contributed by atoms with Crippen LogP contribution in [0.2, 0.25) is 0 Å². The maximum atomic E-state index is 11.3. The number of nitro benzene ring substituents is 1. The van der Waals surface area contributed by atoms with Crippen molar-refractivity contribution >= 4 is 22.0 Å². The Hall–Kier alpha value is -2.52. The van der Waals surface area contributed by atoms with Gasteiger partial charge in [-0.25, -0.2) is 4.98 Å². The highest BCUT2D eigenvalue weighted by atomic mass is 32.1. The minimum absolute atomic E-state index is 0.0575. The number of hydrogen-bond donors (Lipinski definition) is 1. The SMILES string of the molecule is Cc1nc2sc(C(c3cccc([N+](=O)[O-])c3)N3CCCCCC3)c(O)n2n1. The number of aromatic nitrogens is 3. The fraction of sp³-hybridized carbons (Fsp3) is 0.444. The Morgan fingerprint density at radius 3 is 2.67 bits per heavy atom. The van der Waals surface area contributed by atoms with Gasteiger partial charge in [0.15, 0.2) is 0 Å². The Morgan fingerprint density at radius 2 is 2.00 bits per heavy atom. The first kappa shape index (κ1) is 17.9. The maximum absolute atomic E-state index is 11.3. The van der Waals surface area contributed by atoms with E-state index in [0.717, 1.165) is 36.4 Å². The molecule has 0 radical (unpaired) electrons. The second-order valence-corrected chi connectivity index (χ2v) is 7.86. The molecule has 3 aromatic rings. The molecule has 1 fully saturated rings. The molecule has 0 amide bonds. The Bertz CT molecular complexity index is 975. The third kappa shape index (κ3) is 3.40. The Balaban J connectivity index is 1.84. The van der Waals surface area contributed by atoms with Crippen LogP contribution in [0.1, 0.15) is 48.0 Å². The van der Waals surface area contributed by atoms with Crippen LogP contribution >= 0.6 is 11.3 Å². The van der Waals surface area contributed by atoms with Gasteiger partial charge in [-0.1, -0.05) is 36.3 Å².